The zero-order valence-electron chi connectivity index (χ0n) is 8.78. The normalized spacial score (nSPS) is 9.31. The van der Waals surface area contributed by atoms with Gasteiger partial charge in [0.15, 0.2) is 0 Å². The van der Waals surface area contributed by atoms with E-state index in [4.69, 9.17) is 0 Å². The Kier molecular flexibility index (Phi) is 8.46. The fraction of sp³-hybridized carbons (Fsp3) is 0.455. The third-order valence-electron chi connectivity index (χ3n) is 1.08. The van der Waals surface area contributed by atoms with Crippen molar-refractivity contribution in [3.8, 4) is 0 Å². The number of hydrogen-bond donors (Lipinski definition) is 0. The third-order valence-corrected chi connectivity index (χ3v) is 4.05. The van der Waals surface area contributed by atoms with Gasteiger partial charge in [-0.2, -0.15) is 0 Å². The molecular weight excluding hydrogens is 196 g/mol. The molecule has 0 heterocycles. The van der Waals surface area contributed by atoms with E-state index < -0.39 is 0 Å². The van der Waals surface area contributed by atoms with Crippen LogP contribution in [0, 0.1) is 0 Å². The highest BCUT2D eigenvalue weighted by Crippen LogP contribution is 2.33. The van der Waals surface area contributed by atoms with Crippen LogP contribution in [-0.2, 0) is 0 Å². The van der Waals surface area contributed by atoms with Crippen molar-refractivity contribution in [2.75, 3.05) is 0 Å². The van der Waals surface area contributed by atoms with Gasteiger partial charge in [0.05, 0.1) is 0 Å². The van der Waals surface area contributed by atoms with Crippen molar-refractivity contribution >= 4 is 21.6 Å². The van der Waals surface area contributed by atoms with Crippen LogP contribution in [0.5, 0.6) is 0 Å². The summed E-state index contributed by atoms with van der Waals surface area (Å²) >= 11 is 0. The second-order valence-corrected chi connectivity index (χ2v) is 5.39. The minimum absolute atomic E-state index is 0.695. The molecule has 0 N–H and O–H groups in total. The zero-order chi connectivity index (χ0) is 10.1. The molecule has 74 valence electrons. The molecule has 0 amide bonds. The van der Waals surface area contributed by atoms with Gasteiger partial charge in [0.25, 0.3) is 0 Å². The van der Waals surface area contributed by atoms with E-state index in [2.05, 4.69) is 38.1 Å². The topological polar surface area (TPSA) is 0 Å². The Hall–Kier alpha value is -0.0800. The van der Waals surface area contributed by atoms with Crippen molar-refractivity contribution in [1.82, 2.24) is 0 Å². The van der Waals surface area contributed by atoms with Gasteiger partial charge in [-0.3, -0.25) is 0 Å². The van der Waals surface area contributed by atoms with Crippen LogP contribution in [0.25, 0.3) is 0 Å². The molecule has 1 aromatic carbocycles. The van der Waals surface area contributed by atoms with E-state index in [0.29, 0.717) is 5.25 Å². The average Bonchev–Trinajstić information content (AvgIpc) is 2.19. The summed E-state index contributed by atoms with van der Waals surface area (Å²) in [6.07, 6.45) is 0. The van der Waals surface area contributed by atoms with Crippen LogP contribution in [0.3, 0.4) is 0 Å². The Morgan fingerprint density at radius 3 is 2.00 bits per heavy atom. The van der Waals surface area contributed by atoms with Gasteiger partial charge in [-0.1, -0.05) is 67.5 Å². The van der Waals surface area contributed by atoms with Crippen molar-refractivity contribution in [3.05, 3.63) is 30.3 Å². The molecule has 2 heteroatoms. The summed E-state index contributed by atoms with van der Waals surface area (Å²) in [6, 6.07) is 10.5. The molecule has 0 unspecified atom stereocenters. The van der Waals surface area contributed by atoms with E-state index in [0.717, 1.165) is 0 Å². The van der Waals surface area contributed by atoms with E-state index in [9.17, 15) is 0 Å². The van der Waals surface area contributed by atoms with Gasteiger partial charge in [-0.15, -0.1) is 0 Å². The van der Waals surface area contributed by atoms with Crippen molar-refractivity contribution < 1.29 is 0 Å². The molecule has 1 rings (SSSR count). The highest BCUT2D eigenvalue weighted by atomic mass is 33.1. The molecule has 0 nitrogen and oxygen atoms in total. The Labute approximate surface area is 89.9 Å². The summed E-state index contributed by atoms with van der Waals surface area (Å²) in [7, 11) is 3.75. The lowest BCUT2D eigenvalue weighted by molar-refractivity contribution is 1.12. The molecule has 0 aromatic heterocycles. The van der Waals surface area contributed by atoms with Gasteiger partial charge in [-0.05, 0) is 12.1 Å². The Morgan fingerprint density at radius 1 is 1.00 bits per heavy atom. The third kappa shape index (κ3) is 7.03. The maximum absolute atomic E-state index is 2.21. The first-order chi connectivity index (χ1) is 6.29. The minimum atomic E-state index is 0.695. The van der Waals surface area contributed by atoms with Crippen molar-refractivity contribution in [1.29, 1.82) is 0 Å². The predicted molar refractivity (Wildman–Crippen MR) is 66.4 cm³/mol. The highest BCUT2D eigenvalue weighted by molar-refractivity contribution is 8.76. The molecule has 0 spiro atoms. The lowest BCUT2D eigenvalue weighted by Crippen LogP contribution is -1.80. The summed E-state index contributed by atoms with van der Waals surface area (Å²) in [5.41, 5.74) is 0. The highest BCUT2D eigenvalue weighted by Gasteiger charge is 1.95. The molecule has 13 heavy (non-hydrogen) atoms. The Balaban J connectivity index is 0.000000671. The van der Waals surface area contributed by atoms with Crippen LogP contribution in [0.1, 0.15) is 27.7 Å². The first-order valence-corrected chi connectivity index (χ1v) is 6.88. The summed E-state index contributed by atoms with van der Waals surface area (Å²) in [4.78, 5) is 1.34. The van der Waals surface area contributed by atoms with Crippen LogP contribution in [-0.4, -0.2) is 5.25 Å². The van der Waals surface area contributed by atoms with Gasteiger partial charge >= 0.3 is 0 Å². The fourth-order valence-electron chi connectivity index (χ4n) is 0.628. The zero-order valence-corrected chi connectivity index (χ0v) is 10.4. The van der Waals surface area contributed by atoms with Crippen LogP contribution < -0.4 is 0 Å². The number of benzene rings is 1. The van der Waals surface area contributed by atoms with Gasteiger partial charge in [0, 0.05) is 10.1 Å². The second-order valence-electron chi connectivity index (χ2n) is 2.54. The van der Waals surface area contributed by atoms with Crippen molar-refractivity contribution in [2.24, 2.45) is 0 Å². The largest absolute Gasteiger partial charge is 0.0861 e. The van der Waals surface area contributed by atoms with E-state index in [1.165, 1.54) is 4.90 Å². The quantitative estimate of drug-likeness (QED) is 0.659. The molecule has 1 aromatic rings. The molecular formula is C11H18S2. The van der Waals surface area contributed by atoms with Gasteiger partial charge in [0.2, 0.25) is 0 Å². The fourth-order valence-corrected chi connectivity index (χ4v) is 2.44. The van der Waals surface area contributed by atoms with E-state index >= 15 is 0 Å². The van der Waals surface area contributed by atoms with Crippen LogP contribution in [0.4, 0.5) is 0 Å². The average molecular weight is 214 g/mol. The number of rotatable bonds is 3. The minimum Gasteiger partial charge on any atom is -0.0861 e. The first kappa shape index (κ1) is 12.9. The second kappa shape index (κ2) is 8.52. The molecule has 0 radical (unpaired) electrons. The van der Waals surface area contributed by atoms with Crippen LogP contribution >= 0.6 is 21.6 Å². The molecule has 0 aliphatic heterocycles. The molecule has 0 saturated carbocycles. The first-order valence-electron chi connectivity index (χ1n) is 4.67. The summed E-state index contributed by atoms with van der Waals surface area (Å²) in [5, 5.41) is 0.695. The lowest BCUT2D eigenvalue weighted by Gasteiger charge is -2.02. The summed E-state index contributed by atoms with van der Waals surface area (Å²) in [5.74, 6) is 0. The lowest BCUT2D eigenvalue weighted by atomic mass is 10.4. The predicted octanol–water partition coefficient (Wildman–Crippen LogP) is 4.86. The van der Waals surface area contributed by atoms with Crippen LogP contribution in [0.2, 0.25) is 0 Å². The Morgan fingerprint density at radius 2 is 1.54 bits per heavy atom. The summed E-state index contributed by atoms with van der Waals surface area (Å²) in [6.45, 7) is 8.42. The Bertz CT molecular complexity index is 195. The smallest absolute Gasteiger partial charge is 0.0182 e. The van der Waals surface area contributed by atoms with E-state index in [-0.39, 0.29) is 0 Å². The van der Waals surface area contributed by atoms with Crippen molar-refractivity contribution in [3.63, 3.8) is 0 Å². The van der Waals surface area contributed by atoms with Crippen molar-refractivity contribution in [2.45, 2.75) is 37.8 Å². The van der Waals surface area contributed by atoms with E-state index in [1.807, 2.05) is 41.5 Å². The molecule has 0 saturated heterocycles. The molecule has 0 aliphatic rings. The maximum Gasteiger partial charge on any atom is 0.0182 e. The molecule has 0 aliphatic carbocycles. The monoisotopic (exact) mass is 214 g/mol. The van der Waals surface area contributed by atoms with Gasteiger partial charge in [-0.25, -0.2) is 0 Å². The maximum atomic E-state index is 2.21. The number of hydrogen-bond acceptors (Lipinski definition) is 2. The summed E-state index contributed by atoms with van der Waals surface area (Å²) < 4.78 is 0. The van der Waals surface area contributed by atoms with E-state index in [1.54, 1.807) is 0 Å². The molecule has 0 bridgehead atoms. The standard InChI is InChI=1S/C9H12S2.C2H6/c1-8(2)10-11-9-6-4-3-5-7-9;1-2/h3-8H,1-2H3;1-2H3. The van der Waals surface area contributed by atoms with Crippen LogP contribution in [0.15, 0.2) is 35.2 Å². The molecule has 0 fully saturated rings. The van der Waals surface area contributed by atoms with Gasteiger partial charge < -0.3 is 0 Å². The molecule has 0 atom stereocenters. The SMILES string of the molecule is CC.CC(C)SSc1ccccc1. The van der Waals surface area contributed by atoms with Gasteiger partial charge in [0.1, 0.15) is 0 Å².